The van der Waals surface area contributed by atoms with Crippen molar-refractivity contribution in [2.24, 2.45) is 0 Å². The van der Waals surface area contributed by atoms with Gasteiger partial charge in [-0.05, 0) is 17.5 Å². The van der Waals surface area contributed by atoms with Crippen LogP contribution in [0.1, 0.15) is 11.6 Å². The molecule has 0 saturated carbocycles. The third-order valence-corrected chi connectivity index (χ3v) is 5.64. The summed E-state index contributed by atoms with van der Waals surface area (Å²) in [5, 5.41) is 5.72. The summed E-state index contributed by atoms with van der Waals surface area (Å²) in [7, 11) is 1.63. The first-order chi connectivity index (χ1) is 13.2. The van der Waals surface area contributed by atoms with E-state index in [9.17, 15) is 9.59 Å². The van der Waals surface area contributed by atoms with Gasteiger partial charge in [-0.15, -0.1) is 23.7 Å². The normalized spacial score (nSPS) is 16.6. The van der Waals surface area contributed by atoms with Gasteiger partial charge in [-0.25, -0.2) is 4.98 Å². The zero-order valence-corrected chi connectivity index (χ0v) is 17.0. The van der Waals surface area contributed by atoms with Crippen molar-refractivity contribution in [3.05, 3.63) is 58.0 Å². The van der Waals surface area contributed by atoms with Gasteiger partial charge in [-0.2, -0.15) is 0 Å². The summed E-state index contributed by atoms with van der Waals surface area (Å²) in [5.41, 5.74) is 0.776. The van der Waals surface area contributed by atoms with Gasteiger partial charge in [0, 0.05) is 25.2 Å². The fourth-order valence-electron chi connectivity index (χ4n) is 3.46. The molecule has 1 saturated heterocycles. The van der Waals surface area contributed by atoms with E-state index in [1.54, 1.807) is 13.2 Å². The monoisotopic (exact) mass is 420 g/mol. The van der Waals surface area contributed by atoms with Gasteiger partial charge >= 0.3 is 0 Å². The van der Waals surface area contributed by atoms with Crippen molar-refractivity contribution in [1.29, 1.82) is 0 Å². The van der Waals surface area contributed by atoms with E-state index < -0.39 is 0 Å². The van der Waals surface area contributed by atoms with Gasteiger partial charge in [0.1, 0.15) is 17.1 Å². The third-order valence-electron chi connectivity index (χ3n) is 4.82. The number of amides is 1. The van der Waals surface area contributed by atoms with E-state index >= 15 is 0 Å². The number of hydrogen-bond donors (Lipinski definition) is 1. The largest absolute Gasteiger partial charge is 0.496 e. The standard InChI is InChI=1S/C19H20N4O3S.ClH/c1-26-16-5-3-2-4-13(16)15-10-20-7-8-23(15)17(24)11-22-12-21-18-14(19(22)25)6-9-27-18;/h2-6,9,12,15,20H,7-8,10-11H2,1H3;1H. The van der Waals surface area contributed by atoms with Crippen LogP contribution >= 0.6 is 23.7 Å². The van der Waals surface area contributed by atoms with Crippen molar-refractivity contribution in [3.8, 4) is 5.75 Å². The topological polar surface area (TPSA) is 76.5 Å². The molecule has 0 spiro atoms. The molecule has 4 rings (SSSR count). The molecule has 148 valence electrons. The Morgan fingerprint density at radius 3 is 3.00 bits per heavy atom. The van der Waals surface area contributed by atoms with Gasteiger partial charge in [-0.3, -0.25) is 14.2 Å². The number of fused-ring (bicyclic) bond motifs is 1. The molecular formula is C19H21ClN4O3S. The molecule has 1 N–H and O–H groups in total. The number of ether oxygens (including phenoxy) is 1. The van der Waals surface area contributed by atoms with Crippen LogP contribution in [0.25, 0.3) is 10.2 Å². The molecule has 1 atom stereocenters. The number of nitrogens with one attached hydrogen (secondary N) is 1. The molecule has 3 heterocycles. The van der Waals surface area contributed by atoms with Crippen LogP contribution in [0, 0.1) is 0 Å². The van der Waals surface area contributed by atoms with Crippen molar-refractivity contribution >= 4 is 39.9 Å². The first-order valence-corrected chi connectivity index (χ1v) is 9.62. The second-order valence-electron chi connectivity index (χ2n) is 6.37. The number of hydrogen-bond acceptors (Lipinski definition) is 6. The maximum absolute atomic E-state index is 13.0. The van der Waals surface area contributed by atoms with Gasteiger partial charge in [0.2, 0.25) is 5.91 Å². The average Bonchev–Trinajstić information content (AvgIpc) is 3.19. The van der Waals surface area contributed by atoms with Crippen LogP contribution in [0.4, 0.5) is 0 Å². The molecule has 1 amide bonds. The molecule has 3 aromatic rings. The third kappa shape index (κ3) is 3.76. The first kappa shape index (κ1) is 20.3. The number of para-hydroxylation sites is 1. The van der Waals surface area contributed by atoms with Crippen molar-refractivity contribution < 1.29 is 9.53 Å². The van der Waals surface area contributed by atoms with Crippen LogP contribution in [-0.4, -0.2) is 47.1 Å². The highest BCUT2D eigenvalue weighted by Crippen LogP contribution is 2.30. The summed E-state index contributed by atoms with van der Waals surface area (Å²) in [5.74, 6) is 0.647. The zero-order chi connectivity index (χ0) is 18.8. The van der Waals surface area contributed by atoms with Gasteiger partial charge in [0.15, 0.2) is 0 Å². The lowest BCUT2D eigenvalue weighted by Gasteiger charge is -2.37. The van der Waals surface area contributed by atoms with Gasteiger partial charge in [-0.1, -0.05) is 18.2 Å². The van der Waals surface area contributed by atoms with E-state index in [1.165, 1.54) is 22.2 Å². The van der Waals surface area contributed by atoms with E-state index in [0.29, 0.717) is 29.9 Å². The Kier molecular flexibility index (Phi) is 6.33. The van der Waals surface area contributed by atoms with E-state index in [-0.39, 0.29) is 36.5 Å². The van der Waals surface area contributed by atoms with Crippen LogP contribution in [0.2, 0.25) is 0 Å². The summed E-state index contributed by atoms with van der Waals surface area (Å²) in [6, 6.07) is 9.32. The zero-order valence-electron chi connectivity index (χ0n) is 15.3. The number of piperazine rings is 1. The lowest BCUT2D eigenvalue weighted by molar-refractivity contribution is -0.135. The molecule has 28 heavy (non-hydrogen) atoms. The molecule has 1 unspecified atom stereocenters. The van der Waals surface area contributed by atoms with Gasteiger partial charge in [0.25, 0.3) is 5.56 Å². The van der Waals surface area contributed by atoms with E-state index in [2.05, 4.69) is 10.3 Å². The van der Waals surface area contributed by atoms with Crippen LogP contribution in [-0.2, 0) is 11.3 Å². The molecule has 0 bridgehead atoms. The maximum atomic E-state index is 13.0. The van der Waals surface area contributed by atoms with Gasteiger partial charge < -0.3 is 15.0 Å². The van der Waals surface area contributed by atoms with Crippen LogP contribution in [0.5, 0.6) is 5.75 Å². The number of methoxy groups -OCH3 is 1. The molecule has 1 aliphatic rings. The summed E-state index contributed by atoms with van der Waals surface area (Å²) < 4.78 is 6.86. The SMILES string of the molecule is COc1ccccc1C1CNCCN1C(=O)Cn1cnc2sccc2c1=O.Cl. The molecule has 9 heteroatoms. The maximum Gasteiger partial charge on any atom is 0.262 e. The van der Waals surface area contributed by atoms with Gasteiger partial charge in [0.05, 0.1) is 24.9 Å². The van der Waals surface area contributed by atoms with Crippen LogP contribution in [0.15, 0.2) is 46.8 Å². The molecular weight excluding hydrogens is 400 g/mol. The molecule has 2 aromatic heterocycles. The lowest BCUT2D eigenvalue weighted by Crippen LogP contribution is -2.50. The number of halogens is 1. The summed E-state index contributed by atoms with van der Waals surface area (Å²) in [4.78, 5) is 32.4. The first-order valence-electron chi connectivity index (χ1n) is 8.75. The summed E-state index contributed by atoms with van der Waals surface area (Å²) in [6.45, 7) is 1.91. The molecule has 0 aliphatic carbocycles. The minimum Gasteiger partial charge on any atom is -0.496 e. The van der Waals surface area contributed by atoms with E-state index in [0.717, 1.165) is 11.3 Å². The second-order valence-corrected chi connectivity index (χ2v) is 7.26. The molecule has 1 aliphatic heterocycles. The Labute approximate surface area is 172 Å². The quantitative estimate of drug-likeness (QED) is 0.699. The highest BCUT2D eigenvalue weighted by molar-refractivity contribution is 7.16. The Hall–Kier alpha value is -2.42. The van der Waals surface area contributed by atoms with Crippen molar-refractivity contribution in [2.45, 2.75) is 12.6 Å². The predicted molar refractivity (Wildman–Crippen MR) is 111 cm³/mol. The molecule has 1 fully saturated rings. The Balaban J connectivity index is 0.00000225. The predicted octanol–water partition coefficient (Wildman–Crippen LogP) is 2.06. The Morgan fingerprint density at radius 2 is 2.18 bits per heavy atom. The summed E-state index contributed by atoms with van der Waals surface area (Å²) >= 11 is 1.42. The van der Waals surface area contributed by atoms with E-state index in [1.807, 2.05) is 34.5 Å². The fraction of sp³-hybridized carbons (Fsp3) is 0.316. The highest BCUT2D eigenvalue weighted by atomic mass is 35.5. The molecule has 0 radical (unpaired) electrons. The summed E-state index contributed by atoms with van der Waals surface area (Å²) in [6.07, 6.45) is 1.46. The number of carbonyl (C=O) groups is 1. The Bertz CT molecular complexity index is 1040. The number of carbonyl (C=O) groups excluding carboxylic acids is 1. The minimum atomic E-state index is -0.182. The lowest BCUT2D eigenvalue weighted by atomic mass is 10.0. The average molecular weight is 421 g/mol. The minimum absolute atomic E-state index is 0. The number of nitrogens with zero attached hydrogens (tertiary/aromatic N) is 3. The van der Waals surface area contributed by atoms with Crippen molar-refractivity contribution in [3.63, 3.8) is 0 Å². The van der Waals surface area contributed by atoms with E-state index in [4.69, 9.17) is 4.74 Å². The van der Waals surface area contributed by atoms with Crippen molar-refractivity contribution in [1.82, 2.24) is 19.8 Å². The second kappa shape index (κ2) is 8.72. The Morgan fingerprint density at radius 1 is 1.36 bits per heavy atom. The number of thiophene rings is 1. The molecule has 1 aromatic carbocycles. The molecule has 7 nitrogen and oxygen atoms in total. The van der Waals surface area contributed by atoms with Crippen LogP contribution < -0.4 is 15.6 Å². The number of rotatable bonds is 4. The number of benzene rings is 1. The van der Waals surface area contributed by atoms with Crippen molar-refractivity contribution in [2.75, 3.05) is 26.7 Å². The smallest absolute Gasteiger partial charge is 0.262 e. The van der Waals surface area contributed by atoms with Crippen LogP contribution in [0.3, 0.4) is 0 Å². The highest BCUT2D eigenvalue weighted by Gasteiger charge is 2.30. The fourth-order valence-corrected chi connectivity index (χ4v) is 4.19. The number of aromatic nitrogens is 2.